The van der Waals surface area contributed by atoms with Crippen LogP contribution in [0, 0.1) is 4.77 Å². The van der Waals surface area contributed by atoms with E-state index < -0.39 is 0 Å². The van der Waals surface area contributed by atoms with E-state index in [-0.39, 0.29) is 6.10 Å². The molecule has 0 aliphatic carbocycles. The van der Waals surface area contributed by atoms with E-state index in [4.69, 9.17) is 21.7 Å². The van der Waals surface area contributed by atoms with Gasteiger partial charge < -0.3 is 14.0 Å². The van der Waals surface area contributed by atoms with E-state index in [1.807, 2.05) is 28.8 Å². The minimum atomic E-state index is -0.141. The third kappa shape index (κ3) is 2.43. The van der Waals surface area contributed by atoms with Gasteiger partial charge in [-0.05, 0) is 30.8 Å². The van der Waals surface area contributed by atoms with Gasteiger partial charge in [0, 0.05) is 13.0 Å². The molecule has 0 saturated carbocycles. The molecule has 1 aliphatic rings. The van der Waals surface area contributed by atoms with Gasteiger partial charge in [0.25, 0.3) is 0 Å². The van der Waals surface area contributed by atoms with Crippen LogP contribution in [0.25, 0.3) is 0 Å². The monoisotopic (exact) mass is 291 g/mol. The Labute approximate surface area is 122 Å². The van der Waals surface area contributed by atoms with E-state index in [1.165, 1.54) is 0 Å². The number of hydrogen-bond donors (Lipinski definition) is 1. The number of rotatable bonds is 3. The number of aromatic amines is 1. The average molecular weight is 291 g/mol. The molecule has 0 saturated heterocycles. The number of benzene rings is 1. The Morgan fingerprint density at radius 3 is 3.00 bits per heavy atom. The van der Waals surface area contributed by atoms with Crippen LogP contribution in [0.5, 0.6) is 11.5 Å². The number of para-hydroxylation sites is 2. The second kappa shape index (κ2) is 5.66. The van der Waals surface area contributed by atoms with Crippen LogP contribution in [0.3, 0.4) is 0 Å². The van der Waals surface area contributed by atoms with Crippen molar-refractivity contribution in [1.82, 2.24) is 14.8 Å². The maximum atomic E-state index is 6.07. The summed E-state index contributed by atoms with van der Waals surface area (Å²) in [4.78, 5) is 0. The highest BCUT2D eigenvalue weighted by atomic mass is 32.1. The minimum absolute atomic E-state index is 0.141. The molecule has 5 nitrogen and oxygen atoms in total. The maximum absolute atomic E-state index is 6.07. The van der Waals surface area contributed by atoms with Crippen LogP contribution in [0.2, 0.25) is 0 Å². The maximum Gasteiger partial charge on any atom is 0.195 e. The fourth-order valence-electron chi connectivity index (χ4n) is 2.35. The van der Waals surface area contributed by atoms with Crippen molar-refractivity contribution in [1.29, 1.82) is 0 Å². The summed E-state index contributed by atoms with van der Waals surface area (Å²) in [5.74, 6) is 2.38. The van der Waals surface area contributed by atoms with E-state index in [0.717, 1.165) is 36.7 Å². The van der Waals surface area contributed by atoms with Crippen molar-refractivity contribution in [3.05, 3.63) is 34.9 Å². The number of nitrogens with zero attached hydrogens (tertiary/aromatic N) is 2. The zero-order valence-electron chi connectivity index (χ0n) is 11.3. The molecule has 1 aromatic carbocycles. The highest BCUT2D eigenvalue weighted by Gasteiger charge is 2.24. The molecule has 0 bridgehead atoms. The van der Waals surface area contributed by atoms with Gasteiger partial charge in [-0.2, -0.15) is 5.10 Å². The molecule has 1 N–H and O–H groups in total. The Morgan fingerprint density at radius 2 is 2.20 bits per heavy atom. The van der Waals surface area contributed by atoms with E-state index in [9.17, 15) is 0 Å². The van der Waals surface area contributed by atoms with Gasteiger partial charge in [0.2, 0.25) is 0 Å². The van der Waals surface area contributed by atoms with E-state index in [0.29, 0.717) is 11.4 Å². The van der Waals surface area contributed by atoms with Crippen molar-refractivity contribution in [3.63, 3.8) is 0 Å². The predicted octanol–water partition coefficient (Wildman–Crippen LogP) is 3.25. The molecule has 1 unspecified atom stereocenters. The Hall–Kier alpha value is -1.82. The predicted molar refractivity (Wildman–Crippen MR) is 77.6 cm³/mol. The summed E-state index contributed by atoms with van der Waals surface area (Å²) >= 11 is 5.28. The molecule has 0 amide bonds. The third-order valence-corrected chi connectivity index (χ3v) is 3.59. The van der Waals surface area contributed by atoms with Crippen LogP contribution in [0.4, 0.5) is 0 Å². The summed E-state index contributed by atoms with van der Waals surface area (Å²) in [7, 11) is 0. The van der Waals surface area contributed by atoms with E-state index in [1.54, 1.807) is 0 Å². The van der Waals surface area contributed by atoms with Crippen LogP contribution in [-0.2, 0) is 6.54 Å². The van der Waals surface area contributed by atoms with Gasteiger partial charge in [0.15, 0.2) is 28.2 Å². The van der Waals surface area contributed by atoms with Crippen LogP contribution in [-0.4, -0.2) is 21.4 Å². The molecule has 0 fully saturated rings. The Balaban J connectivity index is 1.93. The van der Waals surface area contributed by atoms with Gasteiger partial charge in [-0.3, -0.25) is 5.10 Å². The SMILES string of the molecule is CCCn1c(C2CCOc3ccccc3O2)n[nH]c1=S. The van der Waals surface area contributed by atoms with Crippen LogP contribution >= 0.6 is 12.2 Å². The summed E-state index contributed by atoms with van der Waals surface area (Å²) in [5.41, 5.74) is 0. The van der Waals surface area contributed by atoms with Gasteiger partial charge >= 0.3 is 0 Å². The van der Waals surface area contributed by atoms with Crippen LogP contribution in [0.15, 0.2) is 24.3 Å². The number of fused-ring (bicyclic) bond motifs is 1. The normalized spacial score (nSPS) is 17.8. The standard InChI is InChI=1S/C14H17N3O2S/c1-2-8-17-13(15-16-14(17)20)12-7-9-18-10-5-3-4-6-11(10)19-12/h3-6,12H,2,7-9H2,1H3,(H,16,20). The molecule has 3 rings (SSSR count). The molecule has 6 heteroatoms. The molecular weight excluding hydrogens is 274 g/mol. The lowest BCUT2D eigenvalue weighted by Crippen LogP contribution is -2.15. The molecule has 0 spiro atoms. The van der Waals surface area contributed by atoms with Gasteiger partial charge in [0.05, 0.1) is 6.61 Å². The highest BCUT2D eigenvalue weighted by Crippen LogP contribution is 2.34. The molecule has 20 heavy (non-hydrogen) atoms. The first-order valence-electron chi connectivity index (χ1n) is 6.83. The van der Waals surface area contributed by atoms with Crippen molar-refractivity contribution in [2.24, 2.45) is 0 Å². The van der Waals surface area contributed by atoms with Crippen LogP contribution in [0.1, 0.15) is 31.7 Å². The molecule has 2 heterocycles. The first kappa shape index (κ1) is 13.2. The van der Waals surface area contributed by atoms with E-state index >= 15 is 0 Å². The lowest BCUT2D eigenvalue weighted by Gasteiger charge is -2.16. The lowest BCUT2D eigenvalue weighted by molar-refractivity contribution is 0.179. The summed E-state index contributed by atoms with van der Waals surface area (Å²) in [5, 5.41) is 7.20. The number of aromatic nitrogens is 3. The number of nitrogens with one attached hydrogen (secondary N) is 1. The fraction of sp³-hybridized carbons (Fsp3) is 0.429. The van der Waals surface area contributed by atoms with Crippen molar-refractivity contribution < 1.29 is 9.47 Å². The second-order valence-corrected chi connectivity index (χ2v) is 5.12. The molecule has 106 valence electrons. The number of ether oxygens (including phenoxy) is 2. The largest absolute Gasteiger partial charge is 0.490 e. The van der Waals surface area contributed by atoms with Crippen molar-refractivity contribution in [3.8, 4) is 11.5 Å². The molecule has 0 radical (unpaired) electrons. The topological polar surface area (TPSA) is 52.1 Å². The Morgan fingerprint density at radius 1 is 1.40 bits per heavy atom. The second-order valence-electron chi connectivity index (χ2n) is 4.73. The quantitative estimate of drug-likeness (QED) is 0.882. The summed E-state index contributed by atoms with van der Waals surface area (Å²) in [6.45, 7) is 3.56. The fourth-order valence-corrected chi connectivity index (χ4v) is 2.58. The third-order valence-electron chi connectivity index (χ3n) is 3.28. The summed E-state index contributed by atoms with van der Waals surface area (Å²) < 4.78 is 14.4. The molecule has 1 aromatic heterocycles. The Bertz CT molecular complexity index is 650. The minimum Gasteiger partial charge on any atom is -0.490 e. The molecular formula is C14H17N3O2S. The van der Waals surface area contributed by atoms with Gasteiger partial charge in [-0.25, -0.2) is 0 Å². The lowest BCUT2D eigenvalue weighted by atomic mass is 10.2. The summed E-state index contributed by atoms with van der Waals surface area (Å²) in [6, 6.07) is 7.71. The molecule has 1 aliphatic heterocycles. The summed E-state index contributed by atoms with van der Waals surface area (Å²) in [6.07, 6.45) is 1.61. The van der Waals surface area contributed by atoms with Crippen molar-refractivity contribution in [2.75, 3.05) is 6.61 Å². The van der Waals surface area contributed by atoms with Gasteiger partial charge in [0.1, 0.15) is 0 Å². The smallest absolute Gasteiger partial charge is 0.195 e. The first-order valence-corrected chi connectivity index (χ1v) is 7.24. The number of hydrogen-bond acceptors (Lipinski definition) is 4. The van der Waals surface area contributed by atoms with E-state index in [2.05, 4.69) is 17.1 Å². The van der Waals surface area contributed by atoms with Crippen molar-refractivity contribution in [2.45, 2.75) is 32.4 Å². The van der Waals surface area contributed by atoms with Crippen LogP contribution < -0.4 is 9.47 Å². The zero-order valence-corrected chi connectivity index (χ0v) is 12.2. The van der Waals surface area contributed by atoms with Gasteiger partial charge in [-0.15, -0.1) is 0 Å². The Kier molecular flexibility index (Phi) is 3.73. The molecule has 2 aromatic rings. The highest BCUT2D eigenvalue weighted by molar-refractivity contribution is 7.71. The average Bonchev–Trinajstić information content (AvgIpc) is 2.71. The first-order chi connectivity index (χ1) is 9.79. The van der Waals surface area contributed by atoms with Crippen molar-refractivity contribution >= 4 is 12.2 Å². The number of H-pyrrole nitrogens is 1. The zero-order chi connectivity index (χ0) is 13.9. The van der Waals surface area contributed by atoms with Gasteiger partial charge in [-0.1, -0.05) is 19.1 Å². The molecule has 1 atom stereocenters.